The second-order valence-corrected chi connectivity index (χ2v) is 5.21. The number of alkyl halides is 2. The Balaban J connectivity index is 2.09. The van der Waals surface area contributed by atoms with Crippen LogP contribution in [0.15, 0.2) is 30.9 Å². The molecule has 0 radical (unpaired) electrons. The molecule has 1 aromatic rings. The molecule has 0 saturated carbocycles. The number of fused-ring (bicyclic) bond motifs is 1. The first-order valence-corrected chi connectivity index (χ1v) is 7.51. The summed E-state index contributed by atoms with van der Waals surface area (Å²) in [6.45, 7) is 1.13. The number of hydrogen-bond donors (Lipinski definition) is 2. The zero-order valence-corrected chi connectivity index (χ0v) is 13.1. The van der Waals surface area contributed by atoms with Crippen molar-refractivity contribution in [2.24, 2.45) is 0 Å². The van der Waals surface area contributed by atoms with Gasteiger partial charge >= 0.3 is 12.6 Å². The molecule has 0 fully saturated rings. The largest absolute Gasteiger partial charge is 0.433 e. The van der Waals surface area contributed by atoms with Crippen LogP contribution < -0.4 is 20.3 Å². The Labute approximate surface area is 138 Å². The van der Waals surface area contributed by atoms with Crippen molar-refractivity contribution in [3.05, 3.63) is 36.4 Å². The summed E-state index contributed by atoms with van der Waals surface area (Å²) in [4.78, 5) is 25.1. The Bertz CT molecular complexity index is 623. The number of halogens is 2. The molecule has 0 aliphatic carbocycles. The lowest BCUT2D eigenvalue weighted by atomic mass is 10.0. The van der Waals surface area contributed by atoms with Gasteiger partial charge in [0, 0.05) is 13.1 Å². The van der Waals surface area contributed by atoms with Crippen molar-refractivity contribution in [1.29, 1.82) is 0 Å². The molecule has 2 rings (SSSR count). The molecular weight excluding hydrogens is 320 g/mol. The molecule has 0 saturated heterocycles. The van der Waals surface area contributed by atoms with Crippen LogP contribution in [0.4, 0.5) is 19.3 Å². The van der Waals surface area contributed by atoms with Gasteiger partial charge in [-0.15, -0.1) is 6.58 Å². The number of hydrogen-bond acceptors (Lipinski definition) is 4. The van der Waals surface area contributed by atoms with E-state index >= 15 is 0 Å². The summed E-state index contributed by atoms with van der Waals surface area (Å²) in [5.41, 5.74) is 1.31. The first kappa shape index (κ1) is 17.7. The van der Waals surface area contributed by atoms with Gasteiger partial charge < -0.3 is 15.0 Å². The van der Waals surface area contributed by atoms with E-state index in [0.717, 1.165) is 12.0 Å². The summed E-state index contributed by atoms with van der Waals surface area (Å²) in [6, 6.07) is 4.27. The third kappa shape index (κ3) is 4.68. The average molecular weight is 339 g/mol. The highest BCUT2D eigenvalue weighted by Crippen LogP contribution is 2.36. The molecule has 8 heteroatoms. The number of aryl methyl sites for hydroxylation is 1. The minimum atomic E-state index is -2.95. The first-order chi connectivity index (χ1) is 11.5. The van der Waals surface area contributed by atoms with Crippen LogP contribution in [-0.4, -0.2) is 38.2 Å². The summed E-state index contributed by atoms with van der Waals surface area (Å²) in [5, 5.41) is 4.61. The van der Waals surface area contributed by atoms with E-state index in [4.69, 9.17) is 0 Å². The van der Waals surface area contributed by atoms with Crippen molar-refractivity contribution in [2.75, 3.05) is 24.5 Å². The predicted octanol–water partition coefficient (Wildman–Crippen LogP) is 2.05. The first-order valence-electron chi connectivity index (χ1n) is 7.51. The molecule has 0 unspecified atom stereocenters. The molecule has 1 heterocycles. The van der Waals surface area contributed by atoms with Crippen LogP contribution in [0.25, 0.3) is 0 Å². The van der Waals surface area contributed by atoms with E-state index in [1.54, 1.807) is 11.0 Å². The zero-order chi connectivity index (χ0) is 17.5. The summed E-state index contributed by atoms with van der Waals surface area (Å²) < 4.78 is 29.7. The summed E-state index contributed by atoms with van der Waals surface area (Å²) >= 11 is 0. The van der Waals surface area contributed by atoms with Crippen LogP contribution in [0.2, 0.25) is 0 Å². The van der Waals surface area contributed by atoms with Crippen LogP contribution in [-0.2, 0) is 11.2 Å². The van der Waals surface area contributed by atoms with Crippen molar-refractivity contribution >= 4 is 17.6 Å². The highest BCUT2D eigenvalue weighted by atomic mass is 19.3. The lowest BCUT2D eigenvalue weighted by molar-refractivity contribution is -0.118. The fraction of sp³-hybridized carbons (Fsp3) is 0.375. The van der Waals surface area contributed by atoms with Gasteiger partial charge in [0.05, 0.1) is 12.2 Å². The molecule has 0 bridgehead atoms. The minimum Gasteiger partial charge on any atom is -0.433 e. The van der Waals surface area contributed by atoms with Gasteiger partial charge in [-0.1, -0.05) is 18.2 Å². The van der Waals surface area contributed by atoms with Crippen molar-refractivity contribution in [1.82, 2.24) is 10.6 Å². The van der Waals surface area contributed by atoms with Gasteiger partial charge in [-0.25, -0.2) is 4.79 Å². The lowest BCUT2D eigenvalue weighted by Crippen LogP contribution is -2.45. The van der Waals surface area contributed by atoms with Crippen molar-refractivity contribution in [3.63, 3.8) is 0 Å². The average Bonchev–Trinajstić information content (AvgIpc) is 2.52. The Morgan fingerprint density at radius 2 is 2.21 bits per heavy atom. The minimum absolute atomic E-state index is 0.0334. The van der Waals surface area contributed by atoms with Crippen LogP contribution >= 0.6 is 0 Å². The molecule has 1 aliphatic heterocycles. The fourth-order valence-electron chi connectivity index (χ4n) is 2.60. The topological polar surface area (TPSA) is 70.7 Å². The second kappa shape index (κ2) is 8.28. The number of rotatable bonds is 6. The van der Waals surface area contributed by atoms with E-state index < -0.39 is 18.5 Å². The molecule has 6 nitrogen and oxygen atoms in total. The van der Waals surface area contributed by atoms with Gasteiger partial charge in [-0.2, -0.15) is 8.78 Å². The number of nitrogens with one attached hydrogen (secondary N) is 2. The van der Waals surface area contributed by atoms with Gasteiger partial charge in [0.2, 0.25) is 5.91 Å². The fourth-order valence-corrected chi connectivity index (χ4v) is 2.60. The molecule has 130 valence electrons. The lowest BCUT2D eigenvalue weighted by Gasteiger charge is -2.32. The Morgan fingerprint density at radius 1 is 1.42 bits per heavy atom. The monoisotopic (exact) mass is 339 g/mol. The maximum atomic E-state index is 12.6. The van der Waals surface area contributed by atoms with Crippen molar-refractivity contribution in [2.45, 2.75) is 19.5 Å². The highest BCUT2D eigenvalue weighted by molar-refractivity contribution is 5.96. The molecule has 24 heavy (non-hydrogen) atoms. The van der Waals surface area contributed by atoms with Crippen molar-refractivity contribution < 1.29 is 23.1 Å². The predicted molar refractivity (Wildman–Crippen MR) is 85.3 cm³/mol. The smallest absolute Gasteiger partial charge is 0.387 e. The molecule has 2 N–H and O–H groups in total. The van der Waals surface area contributed by atoms with Crippen molar-refractivity contribution in [3.8, 4) is 5.75 Å². The SMILES string of the molecule is C=CCNC(=O)NC(=O)CN1CCCc2cccc(OC(F)F)c21. The Kier molecular flexibility index (Phi) is 6.11. The van der Waals surface area contributed by atoms with E-state index in [9.17, 15) is 18.4 Å². The van der Waals surface area contributed by atoms with E-state index in [2.05, 4.69) is 21.9 Å². The van der Waals surface area contributed by atoms with Gasteiger partial charge in [-0.3, -0.25) is 10.1 Å². The van der Waals surface area contributed by atoms with E-state index in [1.807, 2.05) is 6.07 Å². The maximum Gasteiger partial charge on any atom is 0.387 e. The van der Waals surface area contributed by atoms with Crippen LogP contribution in [0.3, 0.4) is 0 Å². The number of anilines is 1. The summed E-state index contributed by atoms with van der Waals surface area (Å²) in [5.74, 6) is -0.498. The Morgan fingerprint density at radius 3 is 2.92 bits per heavy atom. The number of urea groups is 1. The molecule has 0 atom stereocenters. The van der Waals surface area contributed by atoms with E-state index in [1.165, 1.54) is 12.1 Å². The number of nitrogens with zero attached hydrogens (tertiary/aromatic N) is 1. The third-order valence-electron chi connectivity index (χ3n) is 3.48. The summed E-state index contributed by atoms with van der Waals surface area (Å²) in [6.07, 6.45) is 2.98. The number of ether oxygens (including phenoxy) is 1. The molecule has 0 spiro atoms. The zero-order valence-electron chi connectivity index (χ0n) is 13.1. The van der Waals surface area contributed by atoms with Crippen LogP contribution in [0.5, 0.6) is 5.75 Å². The number of carbonyl (C=O) groups excluding carboxylic acids is 2. The van der Waals surface area contributed by atoms with Crippen LogP contribution in [0, 0.1) is 0 Å². The molecule has 1 aromatic carbocycles. The standard InChI is InChI=1S/C16H19F2N3O3/c1-2-8-19-16(23)20-13(22)10-21-9-4-6-11-5-3-7-12(14(11)21)24-15(17)18/h2-3,5,7,15H,1,4,6,8-10H2,(H2,19,20,22,23). The quantitative estimate of drug-likeness (QED) is 0.778. The van der Waals surface area contributed by atoms with Gasteiger partial charge in [0.15, 0.2) is 0 Å². The normalized spacial score (nSPS) is 13.2. The van der Waals surface area contributed by atoms with Gasteiger partial charge in [0.1, 0.15) is 5.75 Å². The third-order valence-corrected chi connectivity index (χ3v) is 3.48. The molecule has 0 aromatic heterocycles. The maximum absolute atomic E-state index is 12.6. The Hall–Kier alpha value is -2.64. The molecule has 1 aliphatic rings. The summed E-state index contributed by atoms with van der Waals surface area (Å²) in [7, 11) is 0. The van der Waals surface area contributed by atoms with E-state index in [0.29, 0.717) is 18.7 Å². The molecular formula is C16H19F2N3O3. The molecule has 3 amide bonds. The number of para-hydroxylation sites is 1. The number of imide groups is 1. The number of benzene rings is 1. The van der Waals surface area contributed by atoms with E-state index in [-0.39, 0.29) is 18.8 Å². The highest BCUT2D eigenvalue weighted by Gasteiger charge is 2.24. The van der Waals surface area contributed by atoms with Gasteiger partial charge in [0.25, 0.3) is 0 Å². The van der Waals surface area contributed by atoms with Gasteiger partial charge in [-0.05, 0) is 24.5 Å². The second-order valence-electron chi connectivity index (χ2n) is 5.21. The number of amides is 3. The number of carbonyl (C=O) groups is 2. The van der Waals surface area contributed by atoms with Crippen LogP contribution in [0.1, 0.15) is 12.0 Å².